The Bertz CT molecular complexity index is 552. The van der Waals surface area contributed by atoms with Gasteiger partial charge in [-0.2, -0.15) is 18.4 Å². The van der Waals surface area contributed by atoms with Gasteiger partial charge in [-0.15, -0.1) is 10.2 Å². The summed E-state index contributed by atoms with van der Waals surface area (Å²) in [6, 6.07) is 2.19. The third-order valence-corrected chi connectivity index (χ3v) is 4.06. The Kier molecular flexibility index (Phi) is 2.97. The second kappa shape index (κ2) is 4.45. The summed E-state index contributed by atoms with van der Waals surface area (Å²) < 4.78 is 39.3. The van der Waals surface area contributed by atoms with Gasteiger partial charge in [0, 0.05) is 26.1 Å². The second-order valence-electron chi connectivity index (χ2n) is 5.63. The molecule has 0 N–H and O–H groups in total. The number of fused-ring (bicyclic) bond motifs is 1. The lowest BCUT2D eigenvalue weighted by Crippen LogP contribution is -2.38. The van der Waals surface area contributed by atoms with E-state index in [0.717, 1.165) is 24.0 Å². The molecule has 8 heteroatoms. The first kappa shape index (κ1) is 13.4. The van der Waals surface area contributed by atoms with Crippen molar-refractivity contribution in [2.45, 2.75) is 38.5 Å². The van der Waals surface area contributed by atoms with Crippen molar-refractivity contribution in [3.05, 3.63) is 11.6 Å². The molecule has 5 nitrogen and oxygen atoms in total. The maximum absolute atomic E-state index is 12.7. The minimum atomic E-state index is -4.45. The Morgan fingerprint density at radius 1 is 1.25 bits per heavy atom. The number of nitriles is 1. The van der Waals surface area contributed by atoms with Crippen LogP contribution in [0.1, 0.15) is 30.9 Å². The normalized spacial score (nSPS) is 21.3. The molecule has 3 rings (SSSR count). The van der Waals surface area contributed by atoms with Crippen LogP contribution in [-0.2, 0) is 19.3 Å². The predicted molar refractivity (Wildman–Crippen MR) is 62.2 cm³/mol. The standard InChI is InChI=1S/C12H14F3N5/c13-12(14,15)10-18-17-9-7-19(5-6-20(9)10)8-11(1-2-11)3-4-16/h1-3,5-8H2. The van der Waals surface area contributed by atoms with E-state index >= 15 is 0 Å². The Hall–Kier alpha value is -1.62. The highest BCUT2D eigenvalue weighted by Crippen LogP contribution is 2.49. The summed E-state index contributed by atoms with van der Waals surface area (Å²) in [4.78, 5) is 2.08. The van der Waals surface area contributed by atoms with Crippen LogP contribution < -0.4 is 0 Å². The van der Waals surface area contributed by atoms with Crippen molar-refractivity contribution in [1.82, 2.24) is 19.7 Å². The number of hydrogen-bond acceptors (Lipinski definition) is 4. The monoisotopic (exact) mass is 285 g/mol. The number of alkyl halides is 3. The third kappa shape index (κ3) is 2.38. The summed E-state index contributed by atoms with van der Waals surface area (Å²) in [6.07, 6.45) is -1.88. The summed E-state index contributed by atoms with van der Waals surface area (Å²) in [5.41, 5.74) is 0.0593. The fourth-order valence-electron chi connectivity index (χ4n) is 2.76. The number of aromatic nitrogens is 3. The van der Waals surface area contributed by atoms with E-state index in [1.165, 1.54) is 0 Å². The zero-order valence-corrected chi connectivity index (χ0v) is 10.8. The lowest BCUT2D eigenvalue weighted by atomic mass is 10.0. The van der Waals surface area contributed by atoms with Crippen LogP contribution in [0.15, 0.2) is 0 Å². The van der Waals surface area contributed by atoms with Crippen molar-refractivity contribution in [2.75, 3.05) is 13.1 Å². The first-order valence-electron chi connectivity index (χ1n) is 6.52. The fraction of sp³-hybridized carbons (Fsp3) is 0.750. The topological polar surface area (TPSA) is 57.7 Å². The van der Waals surface area contributed by atoms with Gasteiger partial charge in [-0.25, -0.2) is 0 Å². The lowest BCUT2D eigenvalue weighted by molar-refractivity contribution is -0.148. The summed E-state index contributed by atoms with van der Waals surface area (Å²) in [6.45, 7) is 1.92. The highest BCUT2D eigenvalue weighted by Gasteiger charge is 2.45. The maximum atomic E-state index is 12.7. The van der Waals surface area contributed by atoms with Gasteiger partial charge >= 0.3 is 6.18 Å². The molecule has 0 saturated heterocycles. The summed E-state index contributed by atoms with van der Waals surface area (Å²) >= 11 is 0. The van der Waals surface area contributed by atoms with Gasteiger partial charge in [-0.05, 0) is 18.3 Å². The van der Waals surface area contributed by atoms with Gasteiger partial charge in [0.2, 0.25) is 5.82 Å². The van der Waals surface area contributed by atoms with Crippen molar-refractivity contribution >= 4 is 0 Å². The van der Waals surface area contributed by atoms with E-state index in [4.69, 9.17) is 5.26 Å². The van der Waals surface area contributed by atoms with Crippen LogP contribution in [0.4, 0.5) is 13.2 Å². The second-order valence-corrected chi connectivity index (χ2v) is 5.63. The molecule has 1 fully saturated rings. The average Bonchev–Trinajstić information content (AvgIpc) is 2.97. The molecule has 0 bridgehead atoms. The van der Waals surface area contributed by atoms with E-state index in [0.29, 0.717) is 25.3 Å². The quantitative estimate of drug-likeness (QED) is 0.850. The Morgan fingerprint density at radius 2 is 2.00 bits per heavy atom. The van der Waals surface area contributed by atoms with Crippen molar-refractivity contribution in [3.63, 3.8) is 0 Å². The molecular weight excluding hydrogens is 271 g/mol. The zero-order valence-electron chi connectivity index (χ0n) is 10.8. The molecule has 1 aliphatic carbocycles. The molecule has 0 spiro atoms. The molecule has 2 aliphatic rings. The smallest absolute Gasteiger partial charge is 0.305 e. The predicted octanol–water partition coefficient (Wildman–Crippen LogP) is 1.81. The first-order chi connectivity index (χ1) is 9.43. The van der Waals surface area contributed by atoms with Crippen LogP contribution in [0.25, 0.3) is 0 Å². The van der Waals surface area contributed by atoms with E-state index in [9.17, 15) is 13.2 Å². The van der Waals surface area contributed by atoms with Gasteiger partial charge < -0.3 is 4.57 Å². The highest BCUT2D eigenvalue weighted by atomic mass is 19.4. The van der Waals surface area contributed by atoms with Crippen LogP contribution >= 0.6 is 0 Å². The van der Waals surface area contributed by atoms with E-state index in [2.05, 4.69) is 21.2 Å². The maximum Gasteiger partial charge on any atom is 0.451 e. The summed E-state index contributed by atoms with van der Waals surface area (Å²) in [5, 5.41) is 15.7. The van der Waals surface area contributed by atoms with E-state index in [-0.39, 0.29) is 12.0 Å². The summed E-state index contributed by atoms with van der Waals surface area (Å²) in [5.74, 6) is -0.554. The Morgan fingerprint density at radius 3 is 2.60 bits per heavy atom. The molecule has 0 amide bonds. The molecule has 1 aromatic rings. The Labute approximate surface area is 114 Å². The van der Waals surface area contributed by atoms with Gasteiger partial charge in [-0.3, -0.25) is 4.90 Å². The van der Waals surface area contributed by atoms with Crippen LogP contribution in [0.2, 0.25) is 0 Å². The SMILES string of the molecule is N#CCC1(CN2CCn3c(nnc3C(F)(F)F)C2)CC1. The number of hydrogen-bond donors (Lipinski definition) is 0. The number of nitrogens with zero attached hydrogens (tertiary/aromatic N) is 5. The molecular formula is C12H14F3N5. The fourth-order valence-corrected chi connectivity index (χ4v) is 2.76. The third-order valence-electron chi connectivity index (χ3n) is 4.06. The van der Waals surface area contributed by atoms with E-state index in [1.807, 2.05) is 0 Å². The molecule has 0 radical (unpaired) electrons. The molecule has 0 unspecified atom stereocenters. The number of rotatable bonds is 3. The van der Waals surface area contributed by atoms with Crippen molar-refractivity contribution in [2.24, 2.45) is 5.41 Å². The molecule has 1 saturated carbocycles. The molecule has 20 heavy (non-hydrogen) atoms. The van der Waals surface area contributed by atoms with Gasteiger partial charge in [0.1, 0.15) is 5.82 Å². The number of halogens is 3. The summed E-state index contributed by atoms with van der Waals surface area (Å²) in [7, 11) is 0. The minimum Gasteiger partial charge on any atom is -0.305 e. The van der Waals surface area contributed by atoms with Gasteiger partial charge in [0.25, 0.3) is 0 Å². The lowest BCUT2D eigenvalue weighted by Gasteiger charge is -2.30. The molecule has 0 atom stereocenters. The molecule has 1 aliphatic heterocycles. The van der Waals surface area contributed by atoms with Gasteiger partial charge in [-0.1, -0.05) is 0 Å². The average molecular weight is 285 g/mol. The van der Waals surface area contributed by atoms with Gasteiger partial charge in [0.15, 0.2) is 0 Å². The van der Waals surface area contributed by atoms with Crippen LogP contribution in [-0.4, -0.2) is 32.8 Å². The van der Waals surface area contributed by atoms with Crippen molar-refractivity contribution in [1.29, 1.82) is 5.26 Å². The van der Waals surface area contributed by atoms with Crippen LogP contribution in [0.3, 0.4) is 0 Å². The van der Waals surface area contributed by atoms with Gasteiger partial charge in [0.05, 0.1) is 12.6 Å². The van der Waals surface area contributed by atoms with E-state index in [1.54, 1.807) is 0 Å². The Balaban J connectivity index is 1.71. The molecule has 0 aromatic carbocycles. The molecule has 108 valence electrons. The molecule has 2 heterocycles. The highest BCUT2D eigenvalue weighted by molar-refractivity contribution is 5.05. The van der Waals surface area contributed by atoms with E-state index < -0.39 is 12.0 Å². The minimum absolute atomic E-state index is 0.0593. The first-order valence-corrected chi connectivity index (χ1v) is 6.52. The van der Waals surface area contributed by atoms with Crippen LogP contribution in [0.5, 0.6) is 0 Å². The molecule has 1 aromatic heterocycles. The zero-order chi connectivity index (χ0) is 14.4. The van der Waals surface area contributed by atoms with Crippen LogP contribution in [0, 0.1) is 16.7 Å². The van der Waals surface area contributed by atoms with Crippen molar-refractivity contribution < 1.29 is 13.2 Å². The largest absolute Gasteiger partial charge is 0.451 e. The van der Waals surface area contributed by atoms with Crippen molar-refractivity contribution in [3.8, 4) is 6.07 Å².